The zero-order valence-electron chi connectivity index (χ0n) is 9.68. The van der Waals surface area contributed by atoms with Gasteiger partial charge in [0.05, 0.1) is 6.04 Å². The molecule has 1 aromatic carbocycles. The van der Waals surface area contributed by atoms with Crippen molar-refractivity contribution < 1.29 is 4.39 Å². The Morgan fingerprint density at radius 2 is 2.06 bits per heavy atom. The molecule has 0 saturated heterocycles. The van der Waals surface area contributed by atoms with Gasteiger partial charge in [0.15, 0.2) is 0 Å². The van der Waals surface area contributed by atoms with Crippen molar-refractivity contribution in [3.8, 4) is 0 Å². The van der Waals surface area contributed by atoms with Crippen molar-refractivity contribution in [1.82, 2.24) is 14.8 Å². The van der Waals surface area contributed by atoms with Crippen molar-refractivity contribution in [3.05, 3.63) is 47.8 Å². The van der Waals surface area contributed by atoms with E-state index in [1.165, 1.54) is 18.5 Å². The minimum atomic E-state index is -0.371. The van der Waals surface area contributed by atoms with Gasteiger partial charge in [0, 0.05) is 6.54 Å². The zero-order valence-corrected chi connectivity index (χ0v) is 9.68. The molecule has 0 aliphatic carbocycles. The van der Waals surface area contributed by atoms with Gasteiger partial charge in [-0.2, -0.15) is 5.10 Å². The molecule has 2 N–H and O–H groups in total. The Morgan fingerprint density at radius 3 is 2.71 bits per heavy atom. The van der Waals surface area contributed by atoms with Gasteiger partial charge in [0.25, 0.3) is 0 Å². The number of benzene rings is 1. The van der Waals surface area contributed by atoms with Crippen LogP contribution in [-0.2, 0) is 6.54 Å². The Labute approximate surface area is 99.3 Å². The van der Waals surface area contributed by atoms with Crippen molar-refractivity contribution in [2.24, 2.45) is 5.73 Å². The molecule has 17 heavy (non-hydrogen) atoms. The summed E-state index contributed by atoms with van der Waals surface area (Å²) in [6, 6.07) is 5.77. The standard InChI is InChI=1S/C12H15FN4/c1-2-7-17-12(15-8-16-17)11(14)9-3-5-10(13)6-4-9/h3-6,8,11H,2,7,14H2,1H3. The Balaban J connectivity index is 2.26. The number of halogens is 1. The smallest absolute Gasteiger partial charge is 0.148 e. The van der Waals surface area contributed by atoms with Crippen LogP contribution in [-0.4, -0.2) is 14.8 Å². The molecule has 4 nitrogen and oxygen atoms in total. The molecule has 1 unspecified atom stereocenters. The molecule has 0 radical (unpaired) electrons. The summed E-state index contributed by atoms with van der Waals surface area (Å²) >= 11 is 0. The zero-order chi connectivity index (χ0) is 12.3. The van der Waals surface area contributed by atoms with Crippen molar-refractivity contribution >= 4 is 0 Å². The summed E-state index contributed by atoms with van der Waals surface area (Å²) in [7, 11) is 0. The fourth-order valence-electron chi connectivity index (χ4n) is 1.72. The van der Waals surface area contributed by atoms with Crippen molar-refractivity contribution in [2.75, 3.05) is 0 Å². The van der Waals surface area contributed by atoms with Crippen molar-refractivity contribution in [1.29, 1.82) is 0 Å². The lowest BCUT2D eigenvalue weighted by Crippen LogP contribution is -2.18. The van der Waals surface area contributed by atoms with E-state index in [1.807, 2.05) is 0 Å². The summed E-state index contributed by atoms with van der Waals surface area (Å²) in [6.45, 7) is 2.85. The van der Waals surface area contributed by atoms with Gasteiger partial charge >= 0.3 is 0 Å². The Hall–Kier alpha value is -1.75. The summed E-state index contributed by atoms with van der Waals surface area (Å²) in [5, 5.41) is 4.12. The van der Waals surface area contributed by atoms with Crippen LogP contribution >= 0.6 is 0 Å². The van der Waals surface area contributed by atoms with E-state index in [4.69, 9.17) is 5.73 Å². The summed E-state index contributed by atoms with van der Waals surface area (Å²) in [5.74, 6) is 0.439. The van der Waals surface area contributed by atoms with Gasteiger partial charge in [-0.05, 0) is 24.1 Å². The second-order valence-electron chi connectivity index (χ2n) is 3.87. The van der Waals surface area contributed by atoms with Gasteiger partial charge in [0.1, 0.15) is 18.0 Å². The number of hydrogen-bond acceptors (Lipinski definition) is 3. The van der Waals surface area contributed by atoms with Gasteiger partial charge in [0.2, 0.25) is 0 Å². The fourth-order valence-corrected chi connectivity index (χ4v) is 1.72. The highest BCUT2D eigenvalue weighted by Crippen LogP contribution is 2.17. The Morgan fingerprint density at radius 1 is 1.35 bits per heavy atom. The third-order valence-electron chi connectivity index (χ3n) is 2.59. The molecule has 0 aliphatic rings. The predicted octanol–water partition coefficient (Wildman–Crippen LogP) is 1.88. The topological polar surface area (TPSA) is 56.7 Å². The molecule has 0 amide bonds. The van der Waals surface area contributed by atoms with Crippen LogP contribution in [0.5, 0.6) is 0 Å². The van der Waals surface area contributed by atoms with E-state index in [0.717, 1.165) is 18.5 Å². The number of aryl methyl sites for hydroxylation is 1. The lowest BCUT2D eigenvalue weighted by Gasteiger charge is -2.12. The molecule has 1 heterocycles. The van der Waals surface area contributed by atoms with Gasteiger partial charge < -0.3 is 5.73 Å². The molecule has 0 fully saturated rings. The predicted molar refractivity (Wildman–Crippen MR) is 62.7 cm³/mol. The quantitative estimate of drug-likeness (QED) is 0.878. The number of nitrogens with two attached hydrogens (primary N) is 1. The first-order valence-corrected chi connectivity index (χ1v) is 5.61. The highest BCUT2D eigenvalue weighted by Gasteiger charge is 2.15. The van der Waals surface area contributed by atoms with Gasteiger partial charge in [-0.25, -0.2) is 14.1 Å². The van der Waals surface area contributed by atoms with Crippen molar-refractivity contribution in [2.45, 2.75) is 25.9 Å². The number of hydrogen-bond donors (Lipinski definition) is 1. The minimum Gasteiger partial charge on any atom is -0.318 e. The maximum atomic E-state index is 12.8. The molecule has 1 aromatic heterocycles. The third-order valence-corrected chi connectivity index (χ3v) is 2.59. The molecular formula is C12H15FN4. The molecule has 0 saturated carbocycles. The van der Waals surface area contributed by atoms with Crippen LogP contribution < -0.4 is 5.73 Å². The van der Waals surface area contributed by atoms with Gasteiger partial charge in [-0.15, -0.1) is 0 Å². The SMILES string of the molecule is CCCn1ncnc1C(N)c1ccc(F)cc1. The molecular weight excluding hydrogens is 219 g/mol. The van der Waals surface area contributed by atoms with Crippen LogP contribution in [0, 0.1) is 5.82 Å². The first-order valence-electron chi connectivity index (χ1n) is 5.61. The maximum absolute atomic E-state index is 12.8. The van der Waals surface area contributed by atoms with Crippen molar-refractivity contribution in [3.63, 3.8) is 0 Å². The second-order valence-corrected chi connectivity index (χ2v) is 3.87. The molecule has 2 rings (SSSR count). The summed E-state index contributed by atoms with van der Waals surface area (Å²) in [4.78, 5) is 4.17. The lowest BCUT2D eigenvalue weighted by atomic mass is 10.1. The van der Waals surface area contributed by atoms with Gasteiger partial charge in [-0.3, -0.25) is 0 Å². The van der Waals surface area contributed by atoms with Crippen LogP contribution in [0.4, 0.5) is 4.39 Å². The van der Waals surface area contributed by atoms with Gasteiger partial charge in [-0.1, -0.05) is 19.1 Å². The Kier molecular flexibility index (Phi) is 3.49. The largest absolute Gasteiger partial charge is 0.318 e. The normalized spacial score (nSPS) is 12.6. The highest BCUT2D eigenvalue weighted by atomic mass is 19.1. The van der Waals surface area contributed by atoms with Crippen LogP contribution in [0.25, 0.3) is 0 Å². The highest BCUT2D eigenvalue weighted by molar-refractivity contribution is 5.24. The molecule has 0 spiro atoms. The minimum absolute atomic E-state index is 0.268. The van der Waals surface area contributed by atoms with Crippen LogP contribution in [0.3, 0.4) is 0 Å². The van der Waals surface area contributed by atoms with Crippen LogP contribution in [0.2, 0.25) is 0 Å². The second kappa shape index (κ2) is 5.05. The number of nitrogens with zero attached hydrogens (tertiary/aromatic N) is 3. The molecule has 2 aromatic rings. The van der Waals surface area contributed by atoms with Crippen LogP contribution in [0.15, 0.2) is 30.6 Å². The molecule has 90 valence electrons. The number of rotatable bonds is 4. The molecule has 0 aliphatic heterocycles. The first-order chi connectivity index (χ1) is 8.22. The van der Waals surface area contributed by atoms with E-state index in [-0.39, 0.29) is 11.9 Å². The Bertz CT molecular complexity index is 478. The third kappa shape index (κ3) is 2.50. The van der Waals surface area contributed by atoms with E-state index in [2.05, 4.69) is 17.0 Å². The molecule has 0 bridgehead atoms. The van der Waals surface area contributed by atoms with E-state index in [0.29, 0.717) is 5.82 Å². The van der Waals surface area contributed by atoms with E-state index < -0.39 is 0 Å². The molecule has 1 atom stereocenters. The first kappa shape index (κ1) is 11.7. The summed E-state index contributed by atoms with van der Waals surface area (Å²) in [5.41, 5.74) is 6.93. The summed E-state index contributed by atoms with van der Waals surface area (Å²) < 4.78 is 14.6. The molecule has 5 heteroatoms. The monoisotopic (exact) mass is 234 g/mol. The number of aromatic nitrogens is 3. The van der Waals surface area contributed by atoms with E-state index in [1.54, 1.807) is 16.8 Å². The average Bonchev–Trinajstić information content (AvgIpc) is 2.78. The van der Waals surface area contributed by atoms with Crippen LogP contribution in [0.1, 0.15) is 30.8 Å². The van der Waals surface area contributed by atoms with E-state index >= 15 is 0 Å². The fraction of sp³-hybridized carbons (Fsp3) is 0.333. The summed E-state index contributed by atoms with van der Waals surface area (Å²) in [6.07, 6.45) is 2.46. The maximum Gasteiger partial charge on any atom is 0.148 e. The van der Waals surface area contributed by atoms with E-state index in [9.17, 15) is 4.39 Å². The lowest BCUT2D eigenvalue weighted by molar-refractivity contribution is 0.552. The average molecular weight is 234 g/mol.